The Morgan fingerprint density at radius 2 is 1.81 bits per heavy atom. The van der Waals surface area contributed by atoms with E-state index in [1.807, 2.05) is 42.5 Å². The van der Waals surface area contributed by atoms with Gasteiger partial charge < -0.3 is 18.9 Å². The average Bonchev–Trinajstić information content (AvgIpc) is 3.25. The number of nitrogens with zero attached hydrogens (tertiary/aromatic N) is 1. The molecule has 0 bridgehead atoms. The molecule has 5 rings (SSSR count). The number of benzene rings is 2. The molecular weight excluding hydrogens is 334 g/mol. The molecule has 128 valence electrons. The zero-order valence-electron chi connectivity index (χ0n) is 13.8. The summed E-state index contributed by atoms with van der Waals surface area (Å²) in [6.45, 7) is 1.86. The van der Waals surface area contributed by atoms with Gasteiger partial charge in [0.25, 0.3) is 0 Å². The van der Waals surface area contributed by atoms with E-state index in [2.05, 4.69) is 4.99 Å². The van der Waals surface area contributed by atoms with E-state index in [4.69, 9.17) is 18.9 Å². The molecule has 2 aromatic rings. The van der Waals surface area contributed by atoms with Gasteiger partial charge in [-0.05, 0) is 30.3 Å². The van der Waals surface area contributed by atoms with Crippen LogP contribution in [0.15, 0.2) is 59.2 Å². The minimum atomic E-state index is -0.463. The van der Waals surface area contributed by atoms with Gasteiger partial charge in [0.15, 0.2) is 23.1 Å². The maximum absolute atomic E-state index is 12.2. The number of rotatable bonds is 1. The molecule has 6 nitrogen and oxygen atoms in total. The lowest BCUT2D eigenvalue weighted by Gasteiger charge is -2.20. The monoisotopic (exact) mass is 347 g/mol. The van der Waals surface area contributed by atoms with E-state index in [0.717, 1.165) is 11.1 Å². The second-order valence-corrected chi connectivity index (χ2v) is 5.96. The van der Waals surface area contributed by atoms with Crippen LogP contribution in [0.4, 0.5) is 0 Å². The van der Waals surface area contributed by atoms with Crippen molar-refractivity contribution in [3.05, 3.63) is 65.4 Å². The molecule has 0 saturated heterocycles. The van der Waals surface area contributed by atoms with Gasteiger partial charge in [0.1, 0.15) is 11.5 Å². The van der Waals surface area contributed by atoms with Crippen molar-refractivity contribution in [2.75, 3.05) is 6.79 Å². The largest absolute Gasteiger partial charge is 0.456 e. The van der Waals surface area contributed by atoms with E-state index in [9.17, 15) is 4.79 Å². The van der Waals surface area contributed by atoms with E-state index >= 15 is 0 Å². The van der Waals surface area contributed by atoms with Crippen LogP contribution in [0, 0.1) is 0 Å². The summed E-state index contributed by atoms with van der Waals surface area (Å²) in [7, 11) is 0. The molecule has 6 heteroatoms. The van der Waals surface area contributed by atoms with Crippen molar-refractivity contribution in [1.82, 2.24) is 0 Å². The Hall–Kier alpha value is -3.54. The van der Waals surface area contributed by atoms with Crippen LogP contribution in [-0.4, -0.2) is 18.7 Å². The fourth-order valence-corrected chi connectivity index (χ4v) is 3.10. The number of carbonyl (C=O) groups is 1. The van der Waals surface area contributed by atoms with Gasteiger partial charge in [0.05, 0.1) is 0 Å². The molecule has 0 spiro atoms. The summed E-state index contributed by atoms with van der Waals surface area (Å²) in [4.78, 5) is 16.4. The van der Waals surface area contributed by atoms with Crippen LogP contribution in [0.2, 0.25) is 0 Å². The lowest BCUT2D eigenvalue weighted by Crippen LogP contribution is -2.07. The van der Waals surface area contributed by atoms with E-state index in [1.165, 1.54) is 0 Å². The molecule has 0 amide bonds. The zero-order valence-corrected chi connectivity index (χ0v) is 13.8. The standard InChI is InChI=1S/C20H13NO5/c1-11-21-19(20(22)25-11)14-9-17(26-15-5-3-2-4-13(14)15)12-6-7-16-18(8-12)24-10-23-16/h2-9H,10H2,1H3. The van der Waals surface area contributed by atoms with Crippen molar-refractivity contribution < 1.29 is 23.7 Å². The van der Waals surface area contributed by atoms with Crippen LogP contribution >= 0.6 is 0 Å². The number of cyclic esters (lactones) is 1. The SMILES string of the molecule is CC1=NC(=C2C=C(c3ccc4c(c3)OCO4)Oc3ccccc32)C(=O)O1. The van der Waals surface area contributed by atoms with Gasteiger partial charge in [-0.25, -0.2) is 9.79 Å². The second kappa shape index (κ2) is 5.49. The molecule has 3 aliphatic heterocycles. The van der Waals surface area contributed by atoms with E-state index in [0.29, 0.717) is 34.5 Å². The number of fused-ring (bicyclic) bond motifs is 2. The van der Waals surface area contributed by atoms with E-state index < -0.39 is 5.97 Å². The normalized spacial score (nSPS) is 20.1. The van der Waals surface area contributed by atoms with Gasteiger partial charge in [-0.3, -0.25) is 0 Å². The average molecular weight is 347 g/mol. The Kier molecular flexibility index (Phi) is 3.12. The summed E-state index contributed by atoms with van der Waals surface area (Å²) in [5.74, 6) is 2.47. The number of esters is 1. The third-order valence-corrected chi connectivity index (χ3v) is 4.29. The first-order valence-electron chi connectivity index (χ1n) is 8.10. The molecule has 0 atom stereocenters. The Morgan fingerprint density at radius 3 is 2.65 bits per heavy atom. The minimum Gasteiger partial charge on any atom is -0.456 e. The lowest BCUT2D eigenvalue weighted by atomic mass is 9.97. The molecule has 3 aliphatic rings. The summed E-state index contributed by atoms with van der Waals surface area (Å²) < 4.78 is 21.9. The van der Waals surface area contributed by atoms with Crippen molar-refractivity contribution in [2.45, 2.75) is 6.92 Å². The first-order chi connectivity index (χ1) is 12.7. The van der Waals surface area contributed by atoms with Gasteiger partial charge in [-0.1, -0.05) is 18.2 Å². The van der Waals surface area contributed by atoms with Crippen LogP contribution < -0.4 is 14.2 Å². The highest BCUT2D eigenvalue weighted by Crippen LogP contribution is 2.41. The Labute approximate surface area is 149 Å². The predicted octanol–water partition coefficient (Wildman–Crippen LogP) is 3.54. The van der Waals surface area contributed by atoms with E-state index in [-0.39, 0.29) is 12.5 Å². The quantitative estimate of drug-likeness (QED) is 0.583. The molecule has 0 N–H and O–H groups in total. The highest BCUT2D eigenvalue weighted by Gasteiger charge is 2.29. The summed E-state index contributed by atoms with van der Waals surface area (Å²) in [6, 6.07) is 13.1. The van der Waals surface area contributed by atoms with Gasteiger partial charge in [-0.2, -0.15) is 0 Å². The third-order valence-electron chi connectivity index (χ3n) is 4.29. The molecule has 2 aromatic carbocycles. The summed E-state index contributed by atoms with van der Waals surface area (Å²) in [6.07, 6.45) is 1.80. The van der Waals surface area contributed by atoms with Crippen LogP contribution in [-0.2, 0) is 9.53 Å². The second-order valence-electron chi connectivity index (χ2n) is 5.96. The number of aliphatic imine (C=N–C) groups is 1. The van der Waals surface area contributed by atoms with Gasteiger partial charge in [-0.15, -0.1) is 0 Å². The molecule has 0 unspecified atom stereocenters. The fourth-order valence-electron chi connectivity index (χ4n) is 3.10. The highest BCUT2D eigenvalue weighted by atomic mass is 16.7. The topological polar surface area (TPSA) is 66.3 Å². The van der Waals surface area contributed by atoms with Crippen molar-refractivity contribution in [2.24, 2.45) is 4.99 Å². The van der Waals surface area contributed by atoms with Crippen molar-refractivity contribution in [1.29, 1.82) is 0 Å². The van der Waals surface area contributed by atoms with Crippen LogP contribution in [0.3, 0.4) is 0 Å². The minimum absolute atomic E-state index is 0.205. The van der Waals surface area contributed by atoms with Crippen molar-refractivity contribution in [3.8, 4) is 17.2 Å². The zero-order chi connectivity index (χ0) is 17.7. The summed E-state index contributed by atoms with van der Waals surface area (Å²) >= 11 is 0. The molecule has 0 aliphatic carbocycles. The fraction of sp³-hybridized carbons (Fsp3) is 0.100. The Bertz CT molecular complexity index is 1050. The number of para-hydroxylation sites is 1. The van der Waals surface area contributed by atoms with E-state index in [1.54, 1.807) is 13.0 Å². The number of carbonyl (C=O) groups excluding carboxylic acids is 1. The number of hydrogen-bond donors (Lipinski definition) is 0. The van der Waals surface area contributed by atoms with Crippen LogP contribution in [0.5, 0.6) is 17.2 Å². The molecule has 0 fully saturated rings. The van der Waals surface area contributed by atoms with Gasteiger partial charge >= 0.3 is 5.97 Å². The van der Waals surface area contributed by atoms with Gasteiger partial charge in [0.2, 0.25) is 6.79 Å². The maximum atomic E-state index is 12.2. The number of allylic oxidation sites excluding steroid dienone is 2. The molecule has 0 radical (unpaired) electrons. The Balaban J connectivity index is 1.68. The highest BCUT2D eigenvalue weighted by molar-refractivity contribution is 6.11. The van der Waals surface area contributed by atoms with Crippen LogP contribution in [0.1, 0.15) is 18.1 Å². The predicted molar refractivity (Wildman–Crippen MR) is 93.7 cm³/mol. The third kappa shape index (κ3) is 2.27. The number of hydrogen-bond acceptors (Lipinski definition) is 6. The smallest absolute Gasteiger partial charge is 0.364 e. The van der Waals surface area contributed by atoms with Crippen LogP contribution in [0.25, 0.3) is 11.3 Å². The molecular formula is C20H13NO5. The summed E-state index contributed by atoms with van der Waals surface area (Å²) in [5, 5.41) is 0. The lowest BCUT2D eigenvalue weighted by molar-refractivity contribution is -0.130. The maximum Gasteiger partial charge on any atom is 0.364 e. The summed E-state index contributed by atoms with van der Waals surface area (Å²) in [5.41, 5.74) is 2.55. The van der Waals surface area contributed by atoms with Crippen molar-refractivity contribution in [3.63, 3.8) is 0 Å². The molecule has 0 aromatic heterocycles. The number of ether oxygens (including phenoxy) is 4. The molecule has 3 heterocycles. The molecule has 0 saturated carbocycles. The first kappa shape index (κ1) is 14.8. The Morgan fingerprint density at radius 1 is 0.962 bits per heavy atom. The van der Waals surface area contributed by atoms with Crippen molar-refractivity contribution >= 4 is 23.2 Å². The first-order valence-corrected chi connectivity index (χ1v) is 8.10. The molecule has 26 heavy (non-hydrogen) atoms. The van der Waals surface area contributed by atoms with Gasteiger partial charge in [0, 0.05) is 23.6 Å².